The van der Waals surface area contributed by atoms with Crippen molar-refractivity contribution in [1.82, 2.24) is 5.16 Å². The molecule has 1 aromatic heterocycles. The number of nitrogens with zero attached hydrogens (tertiary/aromatic N) is 1. The number of carbonyl (C=O) groups excluding carboxylic acids is 1. The largest absolute Gasteiger partial charge is 0.493 e. The van der Waals surface area contributed by atoms with E-state index in [9.17, 15) is 9.18 Å². The Bertz CT molecular complexity index is 950. The lowest BCUT2D eigenvalue weighted by atomic mass is 10.1. The van der Waals surface area contributed by atoms with Crippen molar-refractivity contribution >= 4 is 5.97 Å². The molecule has 2 aromatic carbocycles. The van der Waals surface area contributed by atoms with Crippen LogP contribution in [-0.2, 0) is 11.3 Å². The molecule has 0 aliphatic carbocycles. The predicted octanol–water partition coefficient (Wildman–Crippen LogP) is 4.16. The van der Waals surface area contributed by atoms with E-state index in [-0.39, 0.29) is 12.4 Å². The van der Waals surface area contributed by atoms with Crippen molar-refractivity contribution in [3.63, 3.8) is 0 Å². The maximum absolute atomic E-state index is 13.1. The molecule has 7 heteroatoms. The topological polar surface area (TPSA) is 70.8 Å². The van der Waals surface area contributed by atoms with Gasteiger partial charge in [0.05, 0.1) is 19.8 Å². The summed E-state index contributed by atoms with van der Waals surface area (Å²) in [5, 5.41) is 3.95. The van der Waals surface area contributed by atoms with E-state index in [1.807, 2.05) is 0 Å². The molecule has 6 nitrogen and oxygen atoms in total. The third kappa shape index (κ3) is 3.92. The summed E-state index contributed by atoms with van der Waals surface area (Å²) in [6, 6.07) is 10.6. The van der Waals surface area contributed by atoms with Crippen molar-refractivity contribution in [2.45, 2.75) is 13.5 Å². The molecular formula is C20H18FNO5. The molecule has 0 unspecified atom stereocenters. The van der Waals surface area contributed by atoms with Crippen molar-refractivity contribution < 1.29 is 27.9 Å². The summed E-state index contributed by atoms with van der Waals surface area (Å²) in [6.45, 7) is 1.75. The lowest BCUT2D eigenvalue weighted by Gasteiger charge is -2.09. The normalized spacial score (nSPS) is 10.5. The van der Waals surface area contributed by atoms with Crippen LogP contribution in [0.3, 0.4) is 0 Å². The van der Waals surface area contributed by atoms with Crippen LogP contribution in [0.5, 0.6) is 11.5 Å². The van der Waals surface area contributed by atoms with Crippen LogP contribution in [0.15, 0.2) is 47.0 Å². The van der Waals surface area contributed by atoms with Gasteiger partial charge in [-0.2, -0.15) is 0 Å². The zero-order chi connectivity index (χ0) is 19.4. The Labute approximate surface area is 155 Å². The van der Waals surface area contributed by atoms with Crippen LogP contribution in [0.1, 0.15) is 21.6 Å². The summed E-state index contributed by atoms with van der Waals surface area (Å²) in [5.74, 6) is 0.599. The Hall–Kier alpha value is -3.35. The van der Waals surface area contributed by atoms with E-state index in [1.165, 1.54) is 26.4 Å². The first-order valence-electron chi connectivity index (χ1n) is 8.13. The highest BCUT2D eigenvalue weighted by molar-refractivity contribution is 5.90. The van der Waals surface area contributed by atoms with Crippen molar-refractivity contribution in [2.24, 2.45) is 0 Å². The molecule has 0 N–H and O–H groups in total. The van der Waals surface area contributed by atoms with Crippen molar-refractivity contribution in [3.05, 3.63) is 65.1 Å². The van der Waals surface area contributed by atoms with Crippen LogP contribution in [0.25, 0.3) is 11.3 Å². The number of aromatic nitrogens is 1. The maximum Gasteiger partial charge on any atom is 0.338 e. The van der Waals surface area contributed by atoms with Gasteiger partial charge >= 0.3 is 5.97 Å². The number of carbonyl (C=O) groups is 1. The lowest BCUT2D eigenvalue weighted by Crippen LogP contribution is -2.06. The van der Waals surface area contributed by atoms with Gasteiger partial charge in [0, 0.05) is 11.1 Å². The Balaban J connectivity index is 1.72. The number of ether oxygens (including phenoxy) is 3. The highest BCUT2D eigenvalue weighted by Crippen LogP contribution is 2.29. The number of halogens is 1. The van der Waals surface area contributed by atoms with Gasteiger partial charge in [-0.1, -0.05) is 5.16 Å². The molecule has 3 aromatic rings. The molecule has 0 fully saturated rings. The number of methoxy groups -OCH3 is 2. The van der Waals surface area contributed by atoms with Gasteiger partial charge < -0.3 is 18.7 Å². The van der Waals surface area contributed by atoms with E-state index in [0.717, 1.165) is 5.56 Å². The van der Waals surface area contributed by atoms with Gasteiger partial charge in [0.15, 0.2) is 17.3 Å². The molecule has 27 heavy (non-hydrogen) atoms. The van der Waals surface area contributed by atoms with Crippen LogP contribution >= 0.6 is 0 Å². The maximum atomic E-state index is 13.1. The first-order chi connectivity index (χ1) is 13.0. The number of esters is 1. The SMILES string of the molecule is COc1ccc(C(=O)OCc2noc(-c3ccc(F)cc3)c2C)cc1OC. The summed E-state index contributed by atoms with van der Waals surface area (Å²) in [6.07, 6.45) is 0. The molecule has 3 rings (SSSR count). The van der Waals surface area contributed by atoms with Crippen molar-refractivity contribution in [3.8, 4) is 22.8 Å². The predicted molar refractivity (Wildman–Crippen MR) is 95.3 cm³/mol. The quantitative estimate of drug-likeness (QED) is 0.606. The van der Waals surface area contributed by atoms with Crippen LogP contribution in [0.4, 0.5) is 4.39 Å². The van der Waals surface area contributed by atoms with Crippen LogP contribution in [-0.4, -0.2) is 25.3 Å². The molecule has 0 aliphatic rings. The van der Waals surface area contributed by atoms with Crippen LogP contribution < -0.4 is 9.47 Å². The molecule has 0 radical (unpaired) electrons. The smallest absolute Gasteiger partial charge is 0.338 e. The van der Waals surface area contributed by atoms with Crippen LogP contribution in [0, 0.1) is 12.7 Å². The summed E-state index contributed by atoms with van der Waals surface area (Å²) in [7, 11) is 3.00. The molecule has 0 saturated carbocycles. The highest BCUT2D eigenvalue weighted by atomic mass is 19.1. The molecule has 0 bridgehead atoms. The fraction of sp³-hybridized carbons (Fsp3) is 0.200. The zero-order valence-corrected chi connectivity index (χ0v) is 15.1. The molecule has 0 saturated heterocycles. The first kappa shape index (κ1) is 18.4. The van der Waals surface area contributed by atoms with Gasteiger partial charge in [-0.25, -0.2) is 9.18 Å². The average molecular weight is 371 g/mol. The molecule has 1 heterocycles. The Kier molecular flexibility index (Phi) is 5.40. The van der Waals surface area contributed by atoms with Crippen molar-refractivity contribution in [1.29, 1.82) is 0 Å². The first-order valence-corrected chi connectivity index (χ1v) is 8.13. The Morgan fingerprint density at radius 1 is 1.07 bits per heavy atom. The van der Waals surface area contributed by atoms with Gasteiger partial charge in [0.25, 0.3) is 0 Å². The Morgan fingerprint density at radius 2 is 1.78 bits per heavy atom. The fourth-order valence-corrected chi connectivity index (χ4v) is 2.55. The van der Waals surface area contributed by atoms with Gasteiger partial charge in [0.1, 0.15) is 18.1 Å². The molecule has 0 atom stereocenters. The molecule has 0 aliphatic heterocycles. The van der Waals surface area contributed by atoms with E-state index in [1.54, 1.807) is 37.3 Å². The fourth-order valence-electron chi connectivity index (χ4n) is 2.55. The van der Waals surface area contributed by atoms with E-state index in [2.05, 4.69) is 5.16 Å². The summed E-state index contributed by atoms with van der Waals surface area (Å²) < 4.78 is 34.0. The van der Waals surface area contributed by atoms with Crippen LogP contribution in [0.2, 0.25) is 0 Å². The van der Waals surface area contributed by atoms with Gasteiger partial charge in [0.2, 0.25) is 0 Å². The molecule has 0 spiro atoms. The molecule has 0 amide bonds. The van der Waals surface area contributed by atoms with Crippen molar-refractivity contribution in [2.75, 3.05) is 14.2 Å². The number of hydrogen-bond acceptors (Lipinski definition) is 6. The third-order valence-corrected chi connectivity index (χ3v) is 4.09. The summed E-state index contributed by atoms with van der Waals surface area (Å²) in [4.78, 5) is 12.3. The number of rotatable bonds is 6. The van der Waals surface area contributed by atoms with Gasteiger partial charge in [-0.3, -0.25) is 0 Å². The minimum Gasteiger partial charge on any atom is -0.493 e. The highest BCUT2D eigenvalue weighted by Gasteiger charge is 2.17. The summed E-state index contributed by atoms with van der Waals surface area (Å²) in [5.41, 5.74) is 2.23. The van der Waals surface area contributed by atoms with E-state index < -0.39 is 5.97 Å². The monoisotopic (exact) mass is 371 g/mol. The molecule has 140 valence electrons. The van der Waals surface area contributed by atoms with E-state index >= 15 is 0 Å². The zero-order valence-electron chi connectivity index (χ0n) is 15.1. The number of hydrogen-bond donors (Lipinski definition) is 0. The second-order valence-electron chi connectivity index (χ2n) is 5.74. The minimum absolute atomic E-state index is 0.0519. The Morgan fingerprint density at radius 3 is 2.44 bits per heavy atom. The molecular weight excluding hydrogens is 353 g/mol. The standard InChI is InChI=1S/C20H18FNO5/c1-12-16(22-27-19(12)13-4-7-15(21)8-5-13)11-26-20(23)14-6-9-17(24-2)18(10-14)25-3/h4-10H,11H2,1-3H3. The number of benzene rings is 2. The van der Waals surface area contributed by atoms with Gasteiger partial charge in [-0.15, -0.1) is 0 Å². The van der Waals surface area contributed by atoms with E-state index in [0.29, 0.717) is 34.1 Å². The minimum atomic E-state index is -0.526. The van der Waals surface area contributed by atoms with E-state index in [4.69, 9.17) is 18.7 Å². The lowest BCUT2D eigenvalue weighted by molar-refractivity contribution is 0.0463. The van der Waals surface area contributed by atoms with Gasteiger partial charge in [-0.05, 0) is 49.4 Å². The average Bonchev–Trinajstić information content (AvgIpc) is 3.06. The second kappa shape index (κ2) is 7.90. The summed E-state index contributed by atoms with van der Waals surface area (Å²) >= 11 is 0. The second-order valence-corrected chi connectivity index (χ2v) is 5.74. The third-order valence-electron chi connectivity index (χ3n) is 4.09.